The van der Waals surface area contributed by atoms with Gasteiger partial charge in [0.25, 0.3) is 0 Å². The van der Waals surface area contributed by atoms with E-state index < -0.39 is 47.6 Å². The number of fused-ring (bicyclic) bond motifs is 1. The highest BCUT2D eigenvalue weighted by atomic mass is 32.2. The minimum absolute atomic E-state index is 0.142. The standard InChI is InChI=1S/C25H35NO8S/c1-7-35-22-18(26-34-24(28)30-13-15(2)3)20(33-23(27)25(4,5)6)19-17(31-22)14-29-21(32-19)16-11-9-8-10-12-16/h8-12,15,17,19-22H,7,13-14H2,1-6H3/b26-18-/t17-,19-,20-,21-,22-/m1/s1. The van der Waals surface area contributed by atoms with Gasteiger partial charge in [0.15, 0.2) is 12.4 Å². The normalized spacial score (nSPS) is 27.9. The molecule has 1 aromatic carbocycles. The minimum Gasteiger partial charge on any atom is -0.453 e. The molecule has 2 aliphatic heterocycles. The average molecular weight is 510 g/mol. The topological polar surface area (TPSA) is 102 Å². The molecule has 0 spiro atoms. The summed E-state index contributed by atoms with van der Waals surface area (Å²) in [6.45, 7) is 11.5. The number of hydrogen-bond donors (Lipinski definition) is 0. The molecule has 0 saturated carbocycles. The van der Waals surface area contributed by atoms with Gasteiger partial charge in [0, 0.05) is 5.56 Å². The molecular formula is C25H35NO8S. The van der Waals surface area contributed by atoms with Crippen LogP contribution in [0.5, 0.6) is 0 Å². The van der Waals surface area contributed by atoms with Crippen LogP contribution in [0.15, 0.2) is 35.5 Å². The van der Waals surface area contributed by atoms with Gasteiger partial charge >= 0.3 is 12.1 Å². The zero-order valence-electron chi connectivity index (χ0n) is 21.1. The van der Waals surface area contributed by atoms with Gasteiger partial charge in [0.05, 0.1) is 18.6 Å². The number of carbonyl (C=O) groups is 2. The van der Waals surface area contributed by atoms with Crippen LogP contribution in [0.25, 0.3) is 0 Å². The molecule has 0 N–H and O–H groups in total. The third-order valence-corrected chi connectivity index (χ3v) is 6.17. The van der Waals surface area contributed by atoms with E-state index in [0.29, 0.717) is 5.75 Å². The van der Waals surface area contributed by atoms with Crippen LogP contribution in [-0.2, 0) is 33.3 Å². The summed E-state index contributed by atoms with van der Waals surface area (Å²) in [5.41, 5.74) is -0.333. The molecule has 2 saturated heterocycles. The molecule has 5 atom stereocenters. The van der Waals surface area contributed by atoms with Gasteiger partial charge in [-0.3, -0.25) is 9.63 Å². The lowest BCUT2D eigenvalue weighted by Crippen LogP contribution is -2.61. The van der Waals surface area contributed by atoms with E-state index in [9.17, 15) is 9.59 Å². The van der Waals surface area contributed by atoms with Crippen LogP contribution in [0, 0.1) is 11.3 Å². The third kappa shape index (κ3) is 7.42. The van der Waals surface area contributed by atoms with Crippen LogP contribution in [0.4, 0.5) is 4.79 Å². The van der Waals surface area contributed by atoms with Crippen LogP contribution < -0.4 is 0 Å². The molecule has 0 aromatic heterocycles. The number of esters is 1. The van der Waals surface area contributed by atoms with Gasteiger partial charge in [-0.15, -0.1) is 11.8 Å². The van der Waals surface area contributed by atoms with Gasteiger partial charge in [0.1, 0.15) is 23.4 Å². The molecule has 3 rings (SSSR count). The Hall–Kier alpha value is -2.14. The van der Waals surface area contributed by atoms with Gasteiger partial charge in [0.2, 0.25) is 0 Å². The molecule has 0 unspecified atom stereocenters. The second-order valence-corrected chi connectivity index (χ2v) is 11.1. The first-order valence-electron chi connectivity index (χ1n) is 11.8. The summed E-state index contributed by atoms with van der Waals surface area (Å²) < 4.78 is 29.4. The molecule has 2 heterocycles. The molecule has 194 valence electrons. The van der Waals surface area contributed by atoms with Gasteiger partial charge in [-0.25, -0.2) is 4.79 Å². The Morgan fingerprint density at radius 3 is 2.51 bits per heavy atom. The number of thioether (sulfide) groups is 1. The van der Waals surface area contributed by atoms with E-state index in [4.69, 9.17) is 28.5 Å². The quantitative estimate of drug-likeness (QED) is 0.294. The molecule has 2 aliphatic rings. The van der Waals surface area contributed by atoms with Gasteiger partial charge < -0.3 is 23.7 Å². The van der Waals surface area contributed by atoms with E-state index in [-0.39, 0.29) is 24.8 Å². The second-order valence-electron chi connectivity index (χ2n) is 9.78. The largest absolute Gasteiger partial charge is 0.535 e. The van der Waals surface area contributed by atoms with Crippen LogP contribution in [-0.4, -0.2) is 60.6 Å². The van der Waals surface area contributed by atoms with Crippen molar-refractivity contribution in [2.45, 2.75) is 71.6 Å². The molecule has 9 nitrogen and oxygen atoms in total. The van der Waals surface area contributed by atoms with Crippen molar-refractivity contribution in [1.82, 2.24) is 0 Å². The van der Waals surface area contributed by atoms with Crippen molar-refractivity contribution >= 4 is 29.6 Å². The average Bonchev–Trinajstić information content (AvgIpc) is 2.82. The Balaban J connectivity index is 1.91. The first kappa shape index (κ1) is 27.4. The van der Waals surface area contributed by atoms with E-state index in [1.54, 1.807) is 20.8 Å². The molecule has 0 amide bonds. The molecular weight excluding hydrogens is 474 g/mol. The monoisotopic (exact) mass is 509 g/mol. The van der Waals surface area contributed by atoms with Crippen molar-refractivity contribution in [3.63, 3.8) is 0 Å². The predicted molar refractivity (Wildman–Crippen MR) is 131 cm³/mol. The number of carbonyl (C=O) groups excluding carboxylic acids is 2. The van der Waals surface area contributed by atoms with Crippen molar-refractivity contribution in [2.24, 2.45) is 16.5 Å². The maximum atomic E-state index is 12.9. The molecule has 2 fully saturated rings. The van der Waals surface area contributed by atoms with Crippen molar-refractivity contribution in [3.05, 3.63) is 35.9 Å². The summed E-state index contributed by atoms with van der Waals surface area (Å²) in [5.74, 6) is 0.390. The van der Waals surface area contributed by atoms with Crippen LogP contribution in [0.3, 0.4) is 0 Å². The Kier molecular flexibility index (Phi) is 9.57. The maximum Gasteiger partial charge on any atom is 0.535 e. The molecule has 0 radical (unpaired) electrons. The number of nitrogens with zero attached hydrogens (tertiary/aromatic N) is 1. The first-order valence-corrected chi connectivity index (χ1v) is 12.9. The summed E-state index contributed by atoms with van der Waals surface area (Å²) in [4.78, 5) is 30.1. The lowest BCUT2D eigenvalue weighted by molar-refractivity contribution is -0.286. The van der Waals surface area contributed by atoms with E-state index >= 15 is 0 Å². The molecule has 0 aliphatic carbocycles. The van der Waals surface area contributed by atoms with Crippen molar-refractivity contribution < 1.29 is 38.1 Å². The van der Waals surface area contributed by atoms with E-state index in [0.717, 1.165) is 5.56 Å². The smallest absolute Gasteiger partial charge is 0.453 e. The molecule has 1 aromatic rings. The Morgan fingerprint density at radius 2 is 1.89 bits per heavy atom. The highest BCUT2D eigenvalue weighted by Crippen LogP contribution is 2.37. The predicted octanol–water partition coefficient (Wildman–Crippen LogP) is 4.70. The third-order valence-electron chi connectivity index (χ3n) is 5.19. The minimum atomic E-state index is -0.947. The fraction of sp³-hybridized carbons (Fsp3) is 0.640. The maximum absolute atomic E-state index is 12.9. The SMILES string of the molecule is CCS[C@H]1O[C@@H]2CO[C@@H](c3ccccc3)O[C@H]2[C@H](OC(=O)C(C)(C)C)/C1=N/OC(=O)OCC(C)C. The summed E-state index contributed by atoms with van der Waals surface area (Å²) in [5, 5.41) is 4.06. The van der Waals surface area contributed by atoms with Crippen molar-refractivity contribution in [3.8, 4) is 0 Å². The van der Waals surface area contributed by atoms with E-state index in [2.05, 4.69) is 5.16 Å². The number of ether oxygens (including phenoxy) is 5. The zero-order valence-corrected chi connectivity index (χ0v) is 21.9. The van der Waals surface area contributed by atoms with Crippen LogP contribution >= 0.6 is 11.8 Å². The summed E-state index contributed by atoms with van der Waals surface area (Å²) >= 11 is 1.43. The highest BCUT2D eigenvalue weighted by Gasteiger charge is 2.51. The van der Waals surface area contributed by atoms with E-state index in [1.165, 1.54) is 11.8 Å². The molecule has 10 heteroatoms. The Labute approximate surface area is 210 Å². The van der Waals surface area contributed by atoms with Crippen LogP contribution in [0.1, 0.15) is 53.4 Å². The van der Waals surface area contributed by atoms with E-state index in [1.807, 2.05) is 51.1 Å². The Bertz CT molecular complexity index is 885. The summed E-state index contributed by atoms with van der Waals surface area (Å²) in [6.07, 6.45) is -3.79. The first-order chi connectivity index (χ1) is 16.6. The Morgan fingerprint density at radius 1 is 1.17 bits per heavy atom. The zero-order chi connectivity index (χ0) is 25.6. The van der Waals surface area contributed by atoms with Crippen molar-refractivity contribution in [1.29, 1.82) is 0 Å². The molecule has 0 bridgehead atoms. The van der Waals surface area contributed by atoms with Gasteiger partial charge in [-0.1, -0.05) is 56.3 Å². The summed E-state index contributed by atoms with van der Waals surface area (Å²) in [6, 6.07) is 9.47. The number of rotatable bonds is 7. The fourth-order valence-corrected chi connectivity index (χ4v) is 4.26. The summed E-state index contributed by atoms with van der Waals surface area (Å²) in [7, 11) is 0. The molecule has 35 heavy (non-hydrogen) atoms. The van der Waals surface area contributed by atoms with Crippen molar-refractivity contribution in [2.75, 3.05) is 19.0 Å². The second kappa shape index (κ2) is 12.2. The fourth-order valence-electron chi connectivity index (χ4n) is 3.39. The highest BCUT2D eigenvalue weighted by molar-refractivity contribution is 8.00. The number of benzene rings is 1. The number of hydrogen-bond acceptors (Lipinski definition) is 10. The lowest BCUT2D eigenvalue weighted by Gasteiger charge is -2.45. The van der Waals surface area contributed by atoms with Gasteiger partial charge in [-0.05, 0) is 32.4 Å². The lowest BCUT2D eigenvalue weighted by atomic mass is 9.95. The number of oxime groups is 1. The van der Waals surface area contributed by atoms with Crippen LogP contribution in [0.2, 0.25) is 0 Å². The van der Waals surface area contributed by atoms with Gasteiger partial charge in [-0.2, -0.15) is 0 Å².